The van der Waals surface area contributed by atoms with E-state index in [0.717, 1.165) is 5.56 Å². The summed E-state index contributed by atoms with van der Waals surface area (Å²) in [5, 5.41) is 2.57. The lowest BCUT2D eigenvalue weighted by Crippen LogP contribution is -2.34. The van der Waals surface area contributed by atoms with E-state index in [-0.39, 0.29) is 12.5 Å². The molecule has 1 N–H and O–H groups in total. The third-order valence-electron chi connectivity index (χ3n) is 4.17. The van der Waals surface area contributed by atoms with Crippen LogP contribution in [0, 0.1) is 5.82 Å². The first kappa shape index (κ1) is 20.1. The average Bonchev–Trinajstić information content (AvgIpc) is 2.72. The Bertz CT molecular complexity index is 992. The summed E-state index contributed by atoms with van der Waals surface area (Å²) in [6, 6.07) is 22.1. The van der Waals surface area contributed by atoms with E-state index in [2.05, 4.69) is 5.32 Å². The summed E-state index contributed by atoms with van der Waals surface area (Å²) in [4.78, 5) is 26.1. The van der Waals surface area contributed by atoms with Gasteiger partial charge in [-0.1, -0.05) is 42.5 Å². The van der Waals surface area contributed by atoms with Gasteiger partial charge in [0, 0.05) is 18.3 Å². The molecular weight excluding hydrogens is 371 g/mol. The zero-order chi connectivity index (χ0) is 20.6. The molecule has 148 valence electrons. The fraction of sp³-hybridized carbons (Fsp3) is 0.130. The van der Waals surface area contributed by atoms with Gasteiger partial charge in [-0.25, -0.2) is 4.39 Å². The lowest BCUT2D eigenvalue weighted by atomic mass is 10.2. The van der Waals surface area contributed by atoms with E-state index in [1.54, 1.807) is 30.3 Å². The SMILES string of the molecule is CN(CC(=O)Nc1cccc(F)c1)C(=O)c1cccc(OCc2ccccc2)c1. The molecule has 0 fully saturated rings. The highest BCUT2D eigenvalue weighted by molar-refractivity contribution is 5.99. The quantitative estimate of drug-likeness (QED) is 0.658. The Morgan fingerprint density at radius 2 is 1.72 bits per heavy atom. The van der Waals surface area contributed by atoms with E-state index < -0.39 is 11.7 Å². The number of benzene rings is 3. The van der Waals surface area contributed by atoms with Crippen molar-refractivity contribution >= 4 is 17.5 Å². The first-order valence-electron chi connectivity index (χ1n) is 9.09. The number of ether oxygens (including phenoxy) is 1. The molecule has 3 aromatic rings. The van der Waals surface area contributed by atoms with Crippen molar-refractivity contribution in [1.29, 1.82) is 0 Å². The van der Waals surface area contributed by atoms with Crippen LogP contribution in [0.5, 0.6) is 5.75 Å². The molecule has 0 aliphatic carbocycles. The predicted octanol–water partition coefficient (Wildman–Crippen LogP) is 4.12. The van der Waals surface area contributed by atoms with Crippen LogP contribution in [0.25, 0.3) is 0 Å². The molecule has 0 radical (unpaired) electrons. The van der Waals surface area contributed by atoms with Crippen LogP contribution in [-0.4, -0.2) is 30.3 Å². The number of likely N-dealkylation sites (N-methyl/N-ethyl adjacent to an activating group) is 1. The third kappa shape index (κ3) is 5.90. The van der Waals surface area contributed by atoms with Crippen molar-refractivity contribution in [1.82, 2.24) is 4.90 Å². The first-order chi connectivity index (χ1) is 14.0. The van der Waals surface area contributed by atoms with Gasteiger partial charge in [-0.3, -0.25) is 9.59 Å². The Kier molecular flexibility index (Phi) is 6.58. The Hall–Kier alpha value is -3.67. The fourth-order valence-electron chi connectivity index (χ4n) is 2.73. The van der Waals surface area contributed by atoms with Gasteiger partial charge in [-0.2, -0.15) is 0 Å². The molecule has 2 amide bonds. The maximum Gasteiger partial charge on any atom is 0.254 e. The summed E-state index contributed by atoms with van der Waals surface area (Å²) < 4.78 is 19.0. The van der Waals surface area contributed by atoms with Crippen LogP contribution < -0.4 is 10.1 Å². The van der Waals surface area contributed by atoms with E-state index in [1.807, 2.05) is 30.3 Å². The van der Waals surface area contributed by atoms with Crippen LogP contribution >= 0.6 is 0 Å². The second kappa shape index (κ2) is 9.50. The van der Waals surface area contributed by atoms with E-state index in [0.29, 0.717) is 23.6 Å². The smallest absolute Gasteiger partial charge is 0.254 e. The normalized spacial score (nSPS) is 10.3. The number of halogens is 1. The number of amides is 2. The standard InChI is InChI=1S/C23H21FN2O3/c1-26(15-22(27)25-20-11-6-10-19(24)14-20)23(28)18-9-5-12-21(13-18)29-16-17-7-3-2-4-8-17/h2-14H,15-16H2,1H3,(H,25,27). The number of carbonyl (C=O) groups excluding carboxylic acids is 2. The maximum absolute atomic E-state index is 13.2. The number of nitrogens with one attached hydrogen (secondary N) is 1. The number of nitrogens with zero attached hydrogens (tertiary/aromatic N) is 1. The van der Waals surface area contributed by atoms with E-state index in [1.165, 1.54) is 30.1 Å². The summed E-state index contributed by atoms with van der Waals surface area (Å²) in [6.07, 6.45) is 0. The number of hydrogen-bond donors (Lipinski definition) is 1. The van der Waals surface area contributed by atoms with Crippen molar-refractivity contribution in [2.24, 2.45) is 0 Å². The summed E-state index contributed by atoms with van der Waals surface area (Å²) in [5.41, 5.74) is 1.78. The van der Waals surface area contributed by atoms with Gasteiger partial charge in [-0.05, 0) is 42.0 Å². The molecule has 0 atom stereocenters. The average molecular weight is 392 g/mol. The molecule has 0 aliphatic rings. The van der Waals surface area contributed by atoms with Crippen LogP contribution in [0.15, 0.2) is 78.9 Å². The highest BCUT2D eigenvalue weighted by atomic mass is 19.1. The Labute approximate surface area is 168 Å². The van der Waals surface area contributed by atoms with Gasteiger partial charge in [0.2, 0.25) is 5.91 Å². The highest BCUT2D eigenvalue weighted by Gasteiger charge is 2.16. The van der Waals surface area contributed by atoms with Crippen LogP contribution in [0.2, 0.25) is 0 Å². The summed E-state index contributed by atoms with van der Waals surface area (Å²) in [5.74, 6) is -0.607. The van der Waals surface area contributed by atoms with Crippen molar-refractivity contribution in [3.05, 3.63) is 95.8 Å². The fourth-order valence-corrected chi connectivity index (χ4v) is 2.73. The molecule has 3 rings (SSSR count). The van der Waals surface area contributed by atoms with Gasteiger partial charge >= 0.3 is 0 Å². The minimum absolute atomic E-state index is 0.162. The number of carbonyl (C=O) groups is 2. The molecule has 29 heavy (non-hydrogen) atoms. The molecule has 6 heteroatoms. The molecule has 0 saturated heterocycles. The predicted molar refractivity (Wildman–Crippen MR) is 109 cm³/mol. The monoisotopic (exact) mass is 392 g/mol. The molecule has 0 aromatic heterocycles. The molecule has 5 nitrogen and oxygen atoms in total. The van der Waals surface area contributed by atoms with Gasteiger partial charge in [0.15, 0.2) is 0 Å². The van der Waals surface area contributed by atoms with Crippen molar-refractivity contribution in [3.63, 3.8) is 0 Å². The molecule has 0 aliphatic heterocycles. The van der Waals surface area contributed by atoms with E-state index in [4.69, 9.17) is 4.74 Å². The summed E-state index contributed by atoms with van der Waals surface area (Å²) >= 11 is 0. The van der Waals surface area contributed by atoms with Crippen LogP contribution in [0.1, 0.15) is 15.9 Å². The minimum Gasteiger partial charge on any atom is -0.489 e. The second-order valence-electron chi connectivity index (χ2n) is 6.52. The maximum atomic E-state index is 13.2. The van der Waals surface area contributed by atoms with E-state index in [9.17, 15) is 14.0 Å². The van der Waals surface area contributed by atoms with E-state index >= 15 is 0 Å². The zero-order valence-electron chi connectivity index (χ0n) is 16.0. The van der Waals surface area contributed by atoms with Gasteiger partial charge in [0.1, 0.15) is 18.2 Å². The third-order valence-corrected chi connectivity index (χ3v) is 4.17. The Morgan fingerprint density at radius 1 is 0.966 bits per heavy atom. The van der Waals surface area contributed by atoms with Gasteiger partial charge in [0.25, 0.3) is 5.91 Å². The van der Waals surface area contributed by atoms with Gasteiger partial charge in [0.05, 0.1) is 6.54 Å². The van der Waals surface area contributed by atoms with Gasteiger partial charge < -0.3 is 15.0 Å². The van der Waals surface area contributed by atoms with Gasteiger partial charge in [-0.15, -0.1) is 0 Å². The zero-order valence-corrected chi connectivity index (χ0v) is 16.0. The van der Waals surface area contributed by atoms with Crippen LogP contribution in [-0.2, 0) is 11.4 Å². The highest BCUT2D eigenvalue weighted by Crippen LogP contribution is 2.17. The molecule has 0 spiro atoms. The lowest BCUT2D eigenvalue weighted by molar-refractivity contribution is -0.116. The molecule has 0 heterocycles. The lowest BCUT2D eigenvalue weighted by Gasteiger charge is -2.17. The Balaban J connectivity index is 1.58. The first-order valence-corrected chi connectivity index (χ1v) is 9.09. The van der Waals surface area contributed by atoms with Crippen LogP contribution in [0.3, 0.4) is 0 Å². The summed E-state index contributed by atoms with van der Waals surface area (Å²) in [7, 11) is 1.53. The summed E-state index contributed by atoms with van der Waals surface area (Å²) in [6.45, 7) is 0.231. The second-order valence-corrected chi connectivity index (χ2v) is 6.52. The minimum atomic E-state index is -0.445. The molecule has 0 saturated carbocycles. The number of hydrogen-bond acceptors (Lipinski definition) is 3. The van der Waals surface area contributed by atoms with Crippen molar-refractivity contribution in [2.75, 3.05) is 18.9 Å². The Morgan fingerprint density at radius 3 is 2.48 bits per heavy atom. The van der Waals surface area contributed by atoms with Crippen molar-refractivity contribution < 1.29 is 18.7 Å². The molecular formula is C23H21FN2O3. The number of anilines is 1. The number of rotatable bonds is 7. The molecule has 0 unspecified atom stereocenters. The largest absolute Gasteiger partial charge is 0.489 e. The molecule has 0 bridgehead atoms. The van der Waals surface area contributed by atoms with Crippen molar-refractivity contribution in [2.45, 2.75) is 6.61 Å². The van der Waals surface area contributed by atoms with Crippen molar-refractivity contribution in [3.8, 4) is 5.75 Å². The van der Waals surface area contributed by atoms with Crippen LogP contribution in [0.4, 0.5) is 10.1 Å². The molecule has 3 aromatic carbocycles. The topological polar surface area (TPSA) is 58.6 Å².